The number of ketones is 1. The maximum atomic E-state index is 13.2. The Morgan fingerprint density at radius 3 is 2.69 bits per heavy atom. The van der Waals surface area contributed by atoms with Crippen LogP contribution in [0.5, 0.6) is 0 Å². The molecule has 0 aliphatic heterocycles. The third-order valence-corrected chi connectivity index (χ3v) is 2.59. The van der Waals surface area contributed by atoms with Gasteiger partial charge in [0, 0.05) is 10.0 Å². The normalized spacial score (nSPS) is 9.69. The number of anilines is 1. The predicted molar refractivity (Wildman–Crippen MR) is 68.6 cm³/mol. The van der Waals surface area contributed by atoms with Crippen LogP contribution in [-0.4, -0.2) is 18.9 Å². The van der Waals surface area contributed by atoms with Gasteiger partial charge >= 0.3 is 0 Å². The van der Waals surface area contributed by atoms with E-state index in [1.54, 1.807) is 0 Å². The van der Waals surface area contributed by atoms with E-state index in [2.05, 4.69) is 21.2 Å². The summed E-state index contributed by atoms with van der Waals surface area (Å²) in [5, 5.41) is 2.88. The highest BCUT2D eigenvalue weighted by Crippen LogP contribution is 2.24. The van der Waals surface area contributed by atoms with Gasteiger partial charge in [0.05, 0.1) is 12.2 Å². The van der Waals surface area contributed by atoms with Gasteiger partial charge < -0.3 is 11.1 Å². The number of hydrogen-bond acceptors (Lipinski definition) is 3. The summed E-state index contributed by atoms with van der Waals surface area (Å²) in [6.45, 7) is 2.80. The summed E-state index contributed by atoms with van der Waals surface area (Å²) in [5.74, 6) is -0.735. The van der Waals surface area contributed by atoms with E-state index >= 15 is 0 Å². The second-order valence-corrected chi connectivity index (χ2v) is 3.91. The maximum absolute atomic E-state index is 13.2. The highest BCUT2D eigenvalue weighted by atomic mass is 79.9. The Morgan fingerprint density at radius 2 is 2.19 bits per heavy atom. The quantitative estimate of drug-likeness (QED) is 0.663. The van der Waals surface area contributed by atoms with Crippen LogP contribution in [0, 0.1) is 5.82 Å². The van der Waals surface area contributed by atoms with E-state index in [1.165, 1.54) is 6.07 Å². The number of hydrogen-bond donors (Lipinski definition) is 2. The molecular weight excluding hydrogens is 298 g/mol. The van der Waals surface area contributed by atoms with Gasteiger partial charge in [-0.05, 0) is 34.6 Å². The summed E-state index contributed by atoms with van der Waals surface area (Å²) in [6, 6.07) is 2.68. The minimum Gasteiger partial charge on any atom is -0.395 e. The molecule has 3 N–H and O–H groups in total. The minimum atomic E-state index is -0.579. The first-order chi connectivity index (χ1) is 7.06. The Morgan fingerprint density at radius 1 is 1.56 bits per heavy atom. The zero-order valence-corrected chi connectivity index (χ0v) is 11.1. The van der Waals surface area contributed by atoms with Crippen molar-refractivity contribution < 1.29 is 9.18 Å². The van der Waals surface area contributed by atoms with Crippen LogP contribution in [0.4, 0.5) is 10.1 Å². The average Bonchev–Trinajstić information content (AvgIpc) is 2.21. The van der Waals surface area contributed by atoms with Crippen LogP contribution in [0.1, 0.15) is 17.3 Å². The zero-order valence-electron chi connectivity index (χ0n) is 8.72. The smallest absolute Gasteiger partial charge is 0.176 e. The Bertz CT molecular complexity index is 364. The van der Waals surface area contributed by atoms with E-state index in [-0.39, 0.29) is 30.4 Å². The van der Waals surface area contributed by atoms with Crippen molar-refractivity contribution in [2.24, 2.45) is 0 Å². The van der Waals surface area contributed by atoms with Crippen molar-refractivity contribution in [3.05, 3.63) is 28.0 Å². The van der Waals surface area contributed by atoms with E-state index in [0.29, 0.717) is 16.6 Å². The Labute approximate surface area is 108 Å². The SMILES string of the molecule is CCNCC(=O)c1cc(F)c(N)c(Br)c1.Cl. The van der Waals surface area contributed by atoms with Crippen LogP contribution < -0.4 is 11.1 Å². The number of nitrogen functional groups attached to an aromatic ring is 1. The third-order valence-electron chi connectivity index (χ3n) is 1.94. The van der Waals surface area contributed by atoms with E-state index in [1.807, 2.05) is 6.92 Å². The van der Waals surface area contributed by atoms with Crippen molar-refractivity contribution in [2.45, 2.75) is 6.92 Å². The van der Waals surface area contributed by atoms with Gasteiger partial charge in [-0.2, -0.15) is 0 Å². The Balaban J connectivity index is 0.00000225. The number of likely N-dealkylation sites (N-methyl/N-ethyl adjacent to an activating group) is 1. The molecular formula is C10H13BrClFN2O. The van der Waals surface area contributed by atoms with E-state index in [0.717, 1.165) is 6.07 Å². The zero-order chi connectivity index (χ0) is 11.4. The first kappa shape index (κ1) is 15.3. The predicted octanol–water partition coefficient (Wildman–Crippen LogP) is 2.38. The number of nitrogens with two attached hydrogens (primary N) is 1. The summed E-state index contributed by atoms with van der Waals surface area (Å²) < 4.78 is 13.6. The topological polar surface area (TPSA) is 55.1 Å². The number of benzene rings is 1. The molecule has 0 saturated carbocycles. The van der Waals surface area contributed by atoms with Crippen molar-refractivity contribution in [2.75, 3.05) is 18.8 Å². The highest BCUT2D eigenvalue weighted by Gasteiger charge is 2.11. The lowest BCUT2D eigenvalue weighted by molar-refractivity contribution is 0.0991. The lowest BCUT2D eigenvalue weighted by Gasteiger charge is -2.05. The first-order valence-corrected chi connectivity index (χ1v) is 5.34. The molecule has 16 heavy (non-hydrogen) atoms. The van der Waals surface area contributed by atoms with Gasteiger partial charge in [-0.25, -0.2) is 4.39 Å². The third kappa shape index (κ3) is 3.73. The van der Waals surface area contributed by atoms with Gasteiger partial charge in [0.25, 0.3) is 0 Å². The molecule has 90 valence electrons. The molecule has 0 atom stereocenters. The number of nitrogens with one attached hydrogen (secondary N) is 1. The molecule has 1 aromatic carbocycles. The molecule has 0 unspecified atom stereocenters. The molecule has 6 heteroatoms. The fraction of sp³-hybridized carbons (Fsp3) is 0.300. The summed E-state index contributed by atoms with van der Waals surface area (Å²) in [5.41, 5.74) is 5.74. The van der Waals surface area contributed by atoms with Gasteiger partial charge in [-0.15, -0.1) is 12.4 Å². The number of halogens is 3. The monoisotopic (exact) mass is 310 g/mol. The highest BCUT2D eigenvalue weighted by molar-refractivity contribution is 9.10. The lowest BCUT2D eigenvalue weighted by Crippen LogP contribution is -2.22. The molecule has 0 amide bonds. The summed E-state index contributed by atoms with van der Waals surface area (Å²) >= 11 is 3.10. The van der Waals surface area contributed by atoms with Gasteiger partial charge in [-0.1, -0.05) is 6.92 Å². The molecule has 0 aliphatic carbocycles. The molecule has 1 rings (SSSR count). The van der Waals surface area contributed by atoms with Crippen LogP contribution in [0.2, 0.25) is 0 Å². The van der Waals surface area contributed by atoms with Gasteiger partial charge in [0.2, 0.25) is 0 Å². The molecule has 1 aromatic rings. The van der Waals surface area contributed by atoms with Crippen LogP contribution >= 0.6 is 28.3 Å². The number of carbonyl (C=O) groups excluding carboxylic acids is 1. The van der Waals surface area contributed by atoms with Gasteiger partial charge in [0.1, 0.15) is 5.82 Å². The van der Waals surface area contributed by atoms with Crippen molar-refractivity contribution in [3.8, 4) is 0 Å². The Hall–Kier alpha value is -0.650. The second-order valence-electron chi connectivity index (χ2n) is 3.06. The number of rotatable bonds is 4. The molecule has 0 radical (unpaired) electrons. The number of carbonyl (C=O) groups is 1. The standard InChI is InChI=1S/C10H12BrFN2O.ClH/c1-2-14-5-9(15)6-3-7(11)10(13)8(12)4-6;/h3-4,14H,2,5,13H2,1H3;1H. The molecule has 3 nitrogen and oxygen atoms in total. The molecule has 0 aliphatic rings. The van der Waals surface area contributed by atoms with Crippen LogP contribution in [0.15, 0.2) is 16.6 Å². The van der Waals surface area contributed by atoms with Crippen molar-refractivity contribution >= 4 is 39.8 Å². The summed E-state index contributed by atoms with van der Waals surface area (Å²) in [6.07, 6.45) is 0. The molecule has 0 heterocycles. The van der Waals surface area contributed by atoms with E-state index in [9.17, 15) is 9.18 Å². The number of Topliss-reactive ketones (excluding diaryl/α,β-unsaturated/α-hetero) is 1. The average molecular weight is 312 g/mol. The van der Waals surface area contributed by atoms with Crippen LogP contribution in [0.25, 0.3) is 0 Å². The maximum Gasteiger partial charge on any atom is 0.176 e. The lowest BCUT2D eigenvalue weighted by atomic mass is 10.1. The minimum absolute atomic E-state index is 0. The first-order valence-electron chi connectivity index (χ1n) is 4.54. The van der Waals surface area contributed by atoms with E-state index in [4.69, 9.17) is 5.73 Å². The second kappa shape index (κ2) is 6.83. The molecule has 0 saturated heterocycles. The van der Waals surface area contributed by atoms with Crippen molar-refractivity contribution in [1.82, 2.24) is 5.32 Å². The van der Waals surface area contributed by atoms with E-state index < -0.39 is 5.82 Å². The molecule has 0 bridgehead atoms. The van der Waals surface area contributed by atoms with Crippen molar-refractivity contribution in [3.63, 3.8) is 0 Å². The molecule has 0 fully saturated rings. The fourth-order valence-corrected chi connectivity index (χ4v) is 1.52. The molecule has 0 aromatic heterocycles. The van der Waals surface area contributed by atoms with Crippen LogP contribution in [0.3, 0.4) is 0 Å². The Kier molecular flexibility index (Phi) is 6.55. The largest absolute Gasteiger partial charge is 0.395 e. The van der Waals surface area contributed by atoms with Gasteiger partial charge in [-0.3, -0.25) is 4.79 Å². The summed E-state index contributed by atoms with van der Waals surface area (Å²) in [7, 11) is 0. The van der Waals surface area contributed by atoms with Crippen LogP contribution in [-0.2, 0) is 0 Å². The fourth-order valence-electron chi connectivity index (χ4n) is 1.09. The van der Waals surface area contributed by atoms with Crippen molar-refractivity contribution in [1.29, 1.82) is 0 Å². The van der Waals surface area contributed by atoms with Gasteiger partial charge in [0.15, 0.2) is 5.78 Å². The summed E-state index contributed by atoms with van der Waals surface area (Å²) in [4.78, 5) is 11.5. The molecule has 0 spiro atoms.